The van der Waals surface area contributed by atoms with Crippen molar-refractivity contribution in [2.24, 2.45) is 0 Å². The van der Waals surface area contributed by atoms with E-state index in [0.717, 1.165) is 96.3 Å². The average Bonchev–Trinajstić information content (AvgIpc) is 3.24. The lowest BCUT2D eigenvalue weighted by Crippen LogP contribution is -2.30. The molecule has 0 bridgehead atoms. The number of esters is 3. The fraction of sp³-hybridized carbons (Fsp3) is 0.759. The summed E-state index contributed by atoms with van der Waals surface area (Å²) < 4.78 is 16.7. The van der Waals surface area contributed by atoms with Crippen LogP contribution in [0.4, 0.5) is 0 Å². The third kappa shape index (κ3) is 46.2. The molecule has 60 heavy (non-hydrogen) atoms. The molecule has 6 heteroatoms. The molecule has 0 N–H and O–H groups in total. The molecule has 0 spiro atoms. The minimum Gasteiger partial charge on any atom is -0.462 e. The Hall–Kier alpha value is -2.89. The summed E-state index contributed by atoms with van der Waals surface area (Å²) in [6.07, 6.45) is 59.2. The third-order valence-corrected chi connectivity index (χ3v) is 10.8. The van der Waals surface area contributed by atoms with Crippen molar-refractivity contribution >= 4 is 17.9 Å². The number of allylic oxidation sites excluding steroid dienone is 10. The molecule has 0 amide bonds. The molecule has 0 aliphatic rings. The zero-order chi connectivity index (χ0) is 43.7. The maximum atomic E-state index is 12.8. The topological polar surface area (TPSA) is 78.9 Å². The number of rotatable bonds is 45. The van der Waals surface area contributed by atoms with Gasteiger partial charge in [-0.25, -0.2) is 0 Å². The van der Waals surface area contributed by atoms with Gasteiger partial charge in [0.1, 0.15) is 13.2 Å². The zero-order valence-corrected chi connectivity index (χ0v) is 39.5. The Labute approximate surface area is 370 Å². The summed E-state index contributed by atoms with van der Waals surface area (Å²) in [6, 6.07) is 0. The monoisotopic (exact) mass is 839 g/mol. The highest BCUT2D eigenvalue weighted by Crippen LogP contribution is 2.14. The highest BCUT2D eigenvalue weighted by Gasteiger charge is 2.19. The highest BCUT2D eigenvalue weighted by molar-refractivity contribution is 5.71. The smallest absolute Gasteiger partial charge is 0.306 e. The standard InChI is InChI=1S/C54H94O6/c1-4-7-10-13-16-19-22-24-25-26-27-28-30-32-35-38-41-44-47-53(56)59-50-51(49-58-52(55)46-43-40-37-34-31-21-18-15-12-9-6-3)60-54(57)48-45-42-39-36-33-29-23-20-17-14-11-8-5-2/h8,11,14-15,17-18,20,23,27-28,51H,4-7,9-10,12-13,16,19,21-22,24-26,29-50H2,1-3H3/b11-8-,17-14-,18-15-,23-20-,28-27-. The quantitative estimate of drug-likeness (QED) is 0.0200. The van der Waals surface area contributed by atoms with Crippen LogP contribution in [-0.2, 0) is 28.6 Å². The summed E-state index contributed by atoms with van der Waals surface area (Å²) in [5.74, 6) is -0.926. The number of carbonyl (C=O) groups is 3. The van der Waals surface area contributed by atoms with Crippen LogP contribution < -0.4 is 0 Å². The molecule has 0 aromatic heterocycles. The van der Waals surface area contributed by atoms with Crippen molar-refractivity contribution in [2.75, 3.05) is 13.2 Å². The van der Waals surface area contributed by atoms with E-state index in [9.17, 15) is 14.4 Å². The highest BCUT2D eigenvalue weighted by atomic mass is 16.6. The van der Waals surface area contributed by atoms with Crippen molar-refractivity contribution in [1.82, 2.24) is 0 Å². The SMILES string of the molecule is CC\C=C/C=C\C=C/CCCCCCCC(=O)OC(COC(=O)CCCCCCC/C=C\CCCC)COC(=O)CCCCCCC/C=C\CCCCCCCCCCC. The first-order chi connectivity index (χ1) is 29.5. The van der Waals surface area contributed by atoms with Crippen molar-refractivity contribution in [1.29, 1.82) is 0 Å². The van der Waals surface area contributed by atoms with Crippen LogP contribution in [0.5, 0.6) is 0 Å². The van der Waals surface area contributed by atoms with Gasteiger partial charge in [0.05, 0.1) is 0 Å². The van der Waals surface area contributed by atoms with Gasteiger partial charge in [-0.1, -0.05) is 204 Å². The Kier molecular flexibility index (Phi) is 46.4. The second-order valence-electron chi connectivity index (χ2n) is 16.7. The van der Waals surface area contributed by atoms with Crippen LogP contribution in [0.15, 0.2) is 60.8 Å². The summed E-state index contributed by atoms with van der Waals surface area (Å²) in [6.45, 7) is 6.44. The molecule has 0 aromatic carbocycles. The molecule has 1 unspecified atom stereocenters. The Morgan fingerprint density at radius 3 is 1.10 bits per heavy atom. The summed E-state index contributed by atoms with van der Waals surface area (Å²) in [4.78, 5) is 37.9. The molecule has 0 heterocycles. The number of unbranched alkanes of at least 4 members (excludes halogenated alkanes) is 26. The van der Waals surface area contributed by atoms with Crippen molar-refractivity contribution in [3.05, 3.63) is 60.8 Å². The van der Waals surface area contributed by atoms with Crippen molar-refractivity contribution in [3.63, 3.8) is 0 Å². The first-order valence-corrected chi connectivity index (χ1v) is 25.3. The second kappa shape index (κ2) is 48.8. The van der Waals surface area contributed by atoms with Gasteiger partial charge in [0.15, 0.2) is 6.10 Å². The zero-order valence-electron chi connectivity index (χ0n) is 39.5. The van der Waals surface area contributed by atoms with Gasteiger partial charge in [-0.15, -0.1) is 0 Å². The Balaban J connectivity index is 4.37. The van der Waals surface area contributed by atoms with Crippen LogP contribution in [0, 0.1) is 0 Å². The number of hydrogen-bond donors (Lipinski definition) is 0. The molecular formula is C54H94O6. The van der Waals surface area contributed by atoms with E-state index in [1.807, 2.05) is 0 Å². The van der Waals surface area contributed by atoms with Crippen LogP contribution in [-0.4, -0.2) is 37.2 Å². The maximum absolute atomic E-state index is 12.8. The number of ether oxygens (including phenoxy) is 3. The van der Waals surface area contributed by atoms with E-state index in [1.165, 1.54) is 109 Å². The lowest BCUT2D eigenvalue weighted by molar-refractivity contribution is -0.167. The Morgan fingerprint density at radius 1 is 0.350 bits per heavy atom. The molecule has 1 atom stereocenters. The van der Waals surface area contributed by atoms with Crippen LogP contribution >= 0.6 is 0 Å². The largest absolute Gasteiger partial charge is 0.462 e. The molecular weight excluding hydrogens is 745 g/mol. The lowest BCUT2D eigenvalue weighted by atomic mass is 10.1. The van der Waals surface area contributed by atoms with E-state index in [-0.39, 0.29) is 31.1 Å². The molecule has 0 fully saturated rings. The maximum Gasteiger partial charge on any atom is 0.306 e. The molecule has 0 saturated heterocycles. The fourth-order valence-electron chi connectivity index (χ4n) is 6.95. The van der Waals surface area contributed by atoms with Crippen molar-refractivity contribution < 1.29 is 28.6 Å². The van der Waals surface area contributed by atoms with E-state index < -0.39 is 6.10 Å². The summed E-state index contributed by atoms with van der Waals surface area (Å²) in [5.41, 5.74) is 0. The number of carbonyl (C=O) groups excluding carboxylic acids is 3. The summed E-state index contributed by atoms with van der Waals surface area (Å²) in [7, 11) is 0. The Morgan fingerprint density at radius 2 is 0.683 bits per heavy atom. The fourth-order valence-corrected chi connectivity index (χ4v) is 6.95. The van der Waals surface area contributed by atoms with Crippen LogP contribution in [0.25, 0.3) is 0 Å². The van der Waals surface area contributed by atoms with Crippen molar-refractivity contribution in [3.8, 4) is 0 Å². The second-order valence-corrected chi connectivity index (χ2v) is 16.7. The normalized spacial score (nSPS) is 12.5. The van der Waals surface area contributed by atoms with Crippen LogP contribution in [0.1, 0.15) is 245 Å². The molecule has 0 aromatic rings. The van der Waals surface area contributed by atoms with Gasteiger partial charge in [-0.05, 0) is 83.5 Å². The summed E-state index contributed by atoms with van der Waals surface area (Å²) in [5, 5.41) is 0. The molecule has 346 valence electrons. The molecule has 0 rings (SSSR count). The molecule has 0 aliphatic carbocycles. The van der Waals surface area contributed by atoms with Gasteiger partial charge in [0.25, 0.3) is 0 Å². The molecule has 0 radical (unpaired) electrons. The number of hydrogen-bond acceptors (Lipinski definition) is 6. The first kappa shape index (κ1) is 57.1. The predicted octanol–water partition coefficient (Wildman–Crippen LogP) is 16.5. The van der Waals surface area contributed by atoms with E-state index in [1.54, 1.807) is 0 Å². The van der Waals surface area contributed by atoms with Gasteiger partial charge < -0.3 is 14.2 Å². The minimum atomic E-state index is -0.789. The Bertz CT molecular complexity index is 1100. The van der Waals surface area contributed by atoms with E-state index in [0.29, 0.717) is 19.3 Å². The van der Waals surface area contributed by atoms with E-state index >= 15 is 0 Å². The van der Waals surface area contributed by atoms with Crippen LogP contribution in [0.3, 0.4) is 0 Å². The first-order valence-electron chi connectivity index (χ1n) is 25.3. The van der Waals surface area contributed by atoms with Gasteiger partial charge in [-0.2, -0.15) is 0 Å². The van der Waals surface area contributed by atoms with E-state index in [2.05, 4.69) is 81.5 Å². The average molecular weight is 839 g/mol. The molecule has 0 aliphatic heterocycles. The summed E-state index contributed by atoms with van der Waals surface area (Å²) >= 11 is 0. The van der Waals surface area contributed by atoms with Gasteiger partial charge in [0, 0.05) is 19.3 Å². The van der Waals surface area contributed by atoms with Gasteiger partial charge >= 0.3 is 17.9 Å². The minimum absolute atomic E-state index is 0.0896. The van der Waals surface area contributed by atoms with E-state index in [4.69, 9.17) is 14.2 Å². The third-order valence-electron chi connectivity index (χ3n) is 10.8. The predicted molar refractivity (Wildman–Crippen MR) is 256 cm³/mol. The molecule has 6 nitrogen and oxygen atoms in total. The van der Waals surface area contributed by atoms with Crippen LogP contribution in [0.2, 0.25) is 0 Å². The molecule has 0 saturated carbocycles. The van der Waals surface area contributed by atoms with Crippen molar-refractivity contribution in [2.45, 2.75) is 252 Å². The lowest BCUT2D eigenvalue weighted by Gasteiger charge is -2.18. The van der Waals surface area contributed by atoms with Gasteiger partial charge in [0.2, 0.25) is 0 Å². The van der Waals surface area contributed by atoms with Gasteiger partial charge in [-0.3, -0.25) is 14.4 Å².